The van der Waals surface area contributed by atoms with Crippen molar-refractivity contribution in [2.75, 3.05) is 13.6 Å². The molecule has 0 aromatic carbocycles. The highest BCUT2D eigenvalue weighted by atomic mass is 32.1. The molecule has 1 fully saturated rings. The molecule has 1 aliphatic rings. The van der Waals surface area contributed by atoms with Crippen molar-refractivity contribution < 1.29 is 9.59 Å². The molecule has 0 unspecified atom stereocenters. The summed E-state index contributed by atoms with van der Waals surface area (Å²) in [5, 5.41) is 4.92. The normalized spacial score (nSPS) is 17.9. The van der Waals surface area contributed by atoms with Crippen molar-refractivity contribution in [3.8, 4) is 0 Å². The number of nitrogens with zero attached hydrogens (tertiary/aromatic N) is 2. The predicted octanol–water partition coefficient (Wildman–Crippen LogP) is 2.60. The topological polar surface area (TPSA) is 52.7 Å². The fourth-order valence-electron chi connectivity index (χ4n) is 2.71. The summed E-state index contributed by atoms with van der Waals surface area (Å²) in [6, 6.07) is 1.68. The van der Waals surface area contributed by atoms with E-state index in [1.165, 1.54) is 10.4 Å². The molecule has 5 nitrogen and oxygen atoms in total. The Morgan fingerprint density at radius 2 is 2.23 bits per heavy atom. The molecule has 3 amide bonds. The number of carbonyl (C=O) groups is 2. The van der Waals surface area contributed by atoms with Crippen molar-refractivity contribution >= 4 is 23.3 Å². The number of likely N-dealkylation sites (tertiary alicyclic amines) is 1. The van der Waals surface area contributed by atoms with Crippen molar-refractivity contribution in [2.24, 2.45) is 0 Å². The Kier molecular flexibility index (Phi) is 5.45. The van der Waals surface area contributed by atoms with Crippen LogP contribution in [0.25, 0.3) is 0 Å². The zero-order valence-electron chi connectivity index (χ0n) is 13.8. The van der Waals surface area contributed by atoms with Crippen LogP contribution in [0.1, 0.15) is 37.1 Å². The summed E-state index contributed by atoms with van der Waals surface area (Å²) in [6.45, 7) is 7.17. The van der Waals surface area contributed by atoms with Gasteiger partial charge in [-0.05, 0) is 50.6 Å². The van der Waals surface area contributed by atoms with Gasteiger partial charge in [-0.2, -0.15) is 0 Å². The van der Waals surface area contributed by atoms with Crippen LogP contribution in [0.4, 0.5) is 4.79 Å². The van der Waals surface area contributed by atoms with E-state index < -0.39 is 0 Å². The molecule has 2 rings (SSSR count). The second-order valence-electron chi connectivity index (χ2n) is 6.18. The maximum atomic E-state index is 12.7. The molecule has 122 valence electrons. The zero-order valence-corrected chi connectivity index (χ0v) is 14.6. The van der Waals surface area contributed by atoms with Crippen LogP contribution >= 0.6 is 11.3 Å². The Morgan fingerprint density at radius 1 is 1.50 bits per heavy atom. The third-order valence-corrected chi connectivity index (χ3v) is 4.94. The molecular weight excluding hydrogens is 298 g/mol. The number of amides is 3. The molecule has 1 aromatic heterocycles. The smallest absolute Gasteiger partial charge is 0.318 e. The molecule has 1 aromatic rings. The van der Waals surface area contributed by atoms with Gasteiger partial charge in [-0.3, -0.25) is 4.79 Å². The van der Waals surface area contributed by atoms with E-state index in [4.69, 9.17) is 0 Å². The molecule has 0 spiro atoms. The lowest BCUT2D eigenvalue weighted by atomic mass is 10.2. The van der Waals surface area contributed by atoms with E-state index in [2.05, 4.69) is 18.3 Å². The molecule has 22 heavy (non-hydrogen) atoms. The van der Waals surface area contributed by atoms with E-state index in [-0.39, 0.29) is 24.0 Å². The average molecular weight is 323 g/mol. The SMILES string of the molecule is Cc1ccsc1CN(C)C(=O)[C@@H]1CCCN1C(=O)NC(C)C. The molecule has 0 aliphatic carbocycles. The summed E-state index contributed by atoms with van der Waals surface area (Å²) < 4.78 is 0. The lowest BCUT2D eigenvalue weighted by Gasteiger charge is -2.28. The van der Waals surface area contributed by atoms with Crippen molar-refractivity contribution in [1.82, 2.24) is 15.1 Å². The van der Waals surface area contributed by atoms with Gasteiger partial charge in [0.2, 0.25) is 5.91 Å². The maximum Gasteiger partial charge on any atom is 0.318 e. The second-order valence-corrected chi connectivity index (χ2v) is 7.18. The first-order chi connectivity index (χ1) is 10.4. The summed E-state index contributed by atoms with van der Waals surface area (Å²) in [4.78, 5) is 29.5. The molecule has 0 radical (unpaired) electrons. The van der Waals surface area contributed by atoms with E-state index in [1.807, 2.05) is 26.3 Å². The van der Waals surface area contributed by atoms with Gasteiger partial charge in [0, 0.05) is 24.5 Å². The predicted molar refractivity (Wildman–Crippen MR) is 88.9 cm³/mol. The first kappa shape index (κ1) is 16.8. The van der Waals surface area contributed by atoms with Gasteiger partial charge in [0.15, 0.2) is 0 Å². The lowest BCUT2D eigenvalue weighted by molar-refractivity contribution is -0.134. The van der Waals surface area contributed by atoms with Crippen LogP contribution in [0.5, 0.6) is 0 Å². The molecule has 1 aliphatic heterocycles. The molecule has 2 heterocycles. The first-order valence-corrected chi connectivity index (χ1v) is 8.63. The van der Waals surface area contributed by atoms with Crippen LogP contribution in [0, 0.1) is 6.92 Å². The minimum atomic E-state index is -0.330. The maximum absolute atomic E-state index is 12.7. The minimum Gasteiger partial charge on any atom is -0.339 e. The Morgan fingerprint density at radius 3 is 2.82 bits per heavy atom. The van der Waals surface area contributed by atoms with E-state index in [0.29, 0.717) is 13.1 Å². The van der Waals surface area contributed by atoms with E-state index in [0.717, 1.165) is 12.8 Å². The van der Waals surface area contributed by atoms with Crippen molar-refractivity contribution in [3.63, 3.8) is 0 Å². The number of rotatable bonds is 4. The molecule has 0 saturated carbocycles. The number of thiophene rings is 1. The zero-order chi connectivity index (χ0) is 16.3. The highest BCUT2D eigenvalue weighted by molar-refractivity contribution is 7.10. The Labute approximate surface area is 136 Å². The van der Waals surface area contributed by atoms with Gasteiger partial charge in [-0.25, -0.2) is 4.79 Å². The van der Waals surface area contributed by atoms with Crippen LogP contribution in [-0.2, 0) is 11.3 Å². The third kappa shape index (κ3) is 3.80. The Balaban J connectivity index is 2.01. The fourth-order valence-corrected chi connectivity index (χ4v) is 3.67. The van der Waals surface area contributed by atoms with Gasteiger partial charge < -0.3 is 15.1 Å². The number of hydrogen-bond acceptors (Lipinski definition) is 3. The number of hydrogen-bond donors (Lipinski definition) is 1. The lowest BCUT2D eigenvalue weighted by Crippen LogP contribution is -2.51. The standard InChI is InChI=1S/C16H25N3O2S/c1-11(2)17-16(21)19-8-5-6-13(19)15(20)18(4)10-14-12(3)7-9-22-14/h7,9,11,13H,5-6,8,10H2,1-4H3,(H,17,21)/t13-/m0/s1. The van der Waals surface area contributed by atoms with E-state index >= 15 is 0 Å². The van der Waals surface area contributed by atoms with Crippen LogP contribution in [0.15, 0.2) is 11.4 Å². The van der Waals surface area contributed by atoms with Crippen LogP contribution in [-0.4, -0.2) is 47.4 Å². The van der Waals surface area contributed by atoms with E-state index in [1.54, 1.807) is 21.1 Å². The monoisotopic (exact) mass is 323 g/mol. The summed E-state index contributed by atoms with van der Waals surface area (Å²) in [5.74, 6) is 0.0317. The summed E-state index contributed by atoms with van der Waals surface area (Å²) in [6.07, 6.45) is 1.63. The first-order valence-electron chi connectivity index (χ1n) is 7.75. The van der Waals surface area contributed by atoms with Crippen LogP contribution < -0.4 is 5.32 Å². The summed E-state index contributed by atoms with van der Waals surface area (Å²) in [5.41, 5.74) is 1.21. The van der Waals surface area contributed by atoms with Crippen molar-refractivity contribution in [3.05, 3.63) is 21.9 Å². The number of urea groups is 1. The summed E-state index contributed by atoms with van der Waals surface area (Å²) >= 11 is 1.67. The van der Waals surface area contributed by atoms with Gasteiger partial charge in [0.25, 0.3) is 0 Å². The van der Waals surface area contributed by atoms with Crippen molar-refractivity contribution in [2.45, 2.75) is 52.2 Å². The average Bonchev–Trinajstić information content (AvgIpc) is 3.07. The second kappa shape index (κ2) is 7.13. The fraction of sp³-hybridized carbons (Fsp3) is 0.625. The summed E-state index contributed by atoms with van der Waals surface area (Å²) in [7, 11) is 1.82. The van der Waals surface area contributed by atoms with Gasteiger partial charge >= 0.3 is 6.03 Å². The Hall–Kier alpha value is -1.56. The largest absolute Gasteiger partial charge is 0.339 e. The van der Waals surface area contributed by atoms with E-state index in [9.17, 15) is 9.59 Å². The molecular formula is C16H25N3O2S. The van der Waals surface area contributed by atoms with Crippen LogP contribution in [0.2, 0.25) is 0 Å². The highest BCUT2D eigenvalue weighted by Crippen LogP contribution is 2.22. The van der Waals surface area contributed by atoms with Crippen molar-refractivity contribution in [1.29, 1.82) is 0 Å². The number of carbonyl (C=O) groups excluding carboxylic acids is 2. The van der Waals surface area contributed by atoms with Gasteiger partial charge in [0.1, 0.15) is 6.04 Å². The molecule has 1 N–H and O–H groups in total. The number of aryl methyl sites for hydroxylation is 1. The number of nitrogens with one attached hydrogen (secondary N) is 1. The van der Waals surface area contributed by atoms with Gasteiger partial charge in [-0.1, -0.05) is 0 Å². The third-order valence-electron chi connectivity index (χ3n) is 3.94. The molecule has 6 heteroatoms. The quantitative estimate of drug-likeness (QED) is 0.926. The molecule has 0 bridgehead atoms. The highest BCUT2D eigenvalue weighted by Gasteiger charge is 2.35. The molecule has 1 atom stereocenters. The Bertz CT molecular complexity index is 541. The van der Waals surface area contributed by atoms with Gasteiger partial charge in [-0.15, -0.1) is 11.3 Å². The molecule has 1 saturated heterocycles. The van der Waals surface area contributed by atoms with Gasteiger partial charge in [0.05, 0.1) is 6.54 Å². The van der Waals surface area contributed by atoms with Crippen LogP contribution in [0.3, 0.4) is 0 Å². The minimum absolute atomic E-state index is 0.0317. The number of likely N-dealkylation sites (N-methyl/N-ethyl adjacent to an activating group) is 1.